The largest absolute Gasteiger partial charge is 0.457 e. The zero-order valence-corrected chi connectivity index (χ0v) is 19.5. The van der Waals surface area contributed by atoms with Crippen molar-refractivity contribution in [3.8, 4) is 11.5 Å². The Morgan fingerprint density at radius 1 is 1.06 bits per heavy atom. The number of benzene rings is 2. The molecule has 0 spiro atoms. The van der Waals surface area contributed by atoms with Gasteiger partial charge < -0.3 is 10.1 Å². The first-order valence-corrected chi connectivity index (χ1v) is 11.4. The first-order valence-electron chi connectivity index (χ1n) is 11.0. The van der Waals surface area contributed by atoms with Crippen LogP contribution in [0.5, 0.6) is 11.5 Å². The molecule has 0 radical (unpaired) electrons. The summed E-state index contributed by atoms with van der Waals surface area (Å²) in [4.78, 5) is 28.6. The van der Waals surface area contributed by atoms with Gasteiger partial charge in [0.15, 0.2) is 0 Å². The van der Waals surface area contributed by atoms with Crippen molar-refractivity contribution in [2.24, 2.45) is 5.92 Å². The number of Topliss-reactive ketones (excluding diaryl/α,β-unsaturated/α-hetero) is 1. The molecule has 0 saturated heterocycles. The Hall–Kier alpha value is -3.39. The molecule has 1 aliphatic rings. The Labute approximate surface area is 205 Å². The summed E-state index contributed by atoms with van der Waals surface area (Å²) >= 11 is 5.65. The second-order valence-corrected chi connectivity index (χ2v) is 8.94. The third-order valence-electron chi connectivity index (χ3n) is 5.61. The molecule has 5 nitrogen and oxygen atoms in total. The number of aromatic nitrogens is 1. The van der Waals surface area contributed by atoms with E-state index in [9.17, 15) is 22.8 Å². The molecule has 9 heteroatoms. The van der Waals surface area contributed by atoms with E-state index in [4.69, 9.17) is 16.3 Å². The van der Waals surface area contributed by atoms with Crippen LogP contribution < -0.4 is 10.1 Å². The Morgan fingerprint density at radius 2 is 1.80 bits per heavy atom. The standard InChI is InChI=1S/C26H22ClF3N2O3/c1-15-10-20(35-21-8-9-31-24(14-21)32-25(34)17-3-4-17)6-5-18(15)13-19(33)11-16-2-7-23(27)22(12-16)26(28,29)30/h2,5-10,12,14,17H,3-4,11,13H2,1H3,(H,31,32,34). The van der Waals surface area contributed by atoms with Crippen LogP contribution in [0, 0.1) is 12.8 Å². The first-order chi connectivity index (χ1) is 16.6. The average Bonchev–Trinajstić information content (AvgIpc) is 3.62. The van der Waals surface area contributed by atoms with E-state index in [1.54, 1.807) is 36.5 Å². The van der Waals surface area contributed by atoms with E-state index >= 15 is 0 Å². The first kappa shape index (κ1) is 24.7. The van der Waals surface area contributed by atoms with Crippen molar-refractivity contribution in [1.82, 2.24) is 4.98 Å². The van der Waals surface area contributed by atoms with Gasteiger partial charge in [-0.25, -0.2) is 4.98 Å². The van der Waals surface area contributed by atoms with Crippen molar-refractivity contribution < 1.29 is 27.5 Å². The number of carbonyl (C=O) groups is 2. The third kappa shape index (κ3) is 6.60. The number of nitrogens with one attached hydrogen (secondary N) is 1. The van der Waals surface area contributed by atoms with Gasteiger partial charge in [-0.1, -0.05) is 23.7 Å². The minimum absolute atomic E-state index is 0.0484. The van der Waals surface area contributed by atoms with Gasteiger partial charge in [0.2, 0.25) is 5.91 Å². The predicted molar refractivity (Wildman–Crippen MR) is 126 cm³/mol. The van der Waals surface area contributed by atoms with Crippen LogP contribution in [0.1, 0.15) is 35.1 Å². The lowest BCUT2D eigenvalue weighted by atomic mass is 9.98. The van der Waals surface area contributed by atoms with Crippen LogP contribution in [-0.2, 0) is 28.6 Å². The fourth-order valence-electron chi connectivity index (χ4n) is 3.59. The van der Waals surface area contributed by atoms with Gasteiger partial charge in [0, 0.05) is 31.0 Å². The number of ketones is 1. The van der Waals surface area contributed by atoms with Gasteiger partial charge in [0.1, 0.15) is 23.1 Å². The van der Waals surface area contributed by atoms with Gasteiger partial charge in [-0.05, 0) is 66.8 Å². The van der Waals surface area contributed by atoms with E-state index in [0.717, 1.165) is 36.1 Å². The normalized spacial score (nSPS) is 13.4. The molecule has 4 rings (SSSR count). The topological polar surface area (TPSA) is 68.3 Å². The minimum Gasteiger partial charge on any atom is -0.457 e. The lowest BCUT2D eigenvalue weighted by Gasteiger charge is -2.12. The Kier molecular flexibility index (Phi) is 7.12. The number of ether oxygens (including phenoxy) is 1. The van der Waals surface area contributed by atoms with Gasteiger partial charge in [0.05, 0.1) is 10.6 Å². The summed E-state index contributed by atoms with van der Waals surface area (Å²) < 4.78 is 45.1. The number of pyridine rings is 1. The molecular weight excluding hydrogens is 481 g/mol. The highest BCUT2D eigenvalue weighted by molar-refractivity contribution is 6.31. The quantitative estimate of drug-likeness (QED) is 0.379. The molecule has 35 heavy (non-hydrogen) atoms. The second kappa shape index (κ2) is 10.1. The number of rotatable bonds is 8. The number of amides is 1. The number of aryl methyl sites for hydroxylation is 1. The second-order valence-electron chi connectivity index (χ2n) is 8.53. The fourth-order valence-corrected chi connectivity index (χ4v) is 3.81. The maximum Gasteiger partial charge on any atom is 0.417 e. The molecule has 3 aromatic rings. The van der Waals surface area contributed by atoms with Crippen LogP contribution in [0.3, 0.4) is 0 Å². The fraction of sp³-hybridized carbons (Fsp3) is 0.269. The maximum absolute atomic E-state index is 13.1. The van der Waals surface area contributed by atoms with Gasteiger partial charge in [-0.15, -0.1) is 0 Å². The van der Waals surface area contributed by atoms with Crippen molar-refractivity contribution >= 4 is 29.1 Å². The Morgan fingerprint density at radius 3 is 2.49 bits per heavy atom. The lowest BCUT2D eigenvalue weighted by molar-refractivity contribution is -0.137. The highest BCUT2D eigenvalue weighted by Crippen LogP contribution is 2.35. The number of hydrogen-bond donors (Lipinski definition) is 1. The molecule has 0 atom stereocenters. The summed E-state index contributed by atoms with van der Waals surface area (Å²) in [5, 5.41) is 2.37. The number of halogens is 4. The molecule has 1 aliphatic carbocycles. The predicted octanol–water partition coefficient (Wildman–Crippen LogP) is 6.56. The molecule has 0 unspecified atom stereocenters. The average molecular weight is 503 g/mol. The zero-order chi connectivity index (χ0) is 25.2. The molecule has 2 aromatic carbocycles. The molecule has 0 bridgehead atoms. The molecule has 1 heterocycles. The molecule has 182 valence electrons. The third-order valence-corrected chi connectivity index (χ3v) is 5.94. The summed E-state index contributed by atoms with van der Waals surface area (Å²) in [5.74, 6) is 1.24. The Balaban J connectivity index is 1.39. The van der Waals surface area contributed by atoms with Crippen LogP contribution in [0.4, 0.5) is 19.0 Å². The van der Waals surface area contributed by atoms with Crippen LogP contribution in [-0.4, -0.2) is 16.7 Å². The maximum atomic E-state index is 13.1. The molecule has 1 aromatic heterocycles. The number of anilines is 1. The molecule has 1 amide bonds. The highest BCUT2D eigenvalue weighted by atomic mass is 35.5. The number of carbonyl (C=O) groups excluding carboxylic acids is 2. The van der Waals surface area contributed by atoms with Crippen LogP contribution >= 0.6 is 11.6 Å². The summed E-state index contributed by atoms with van der Waals surface area (Å²) in [6.45, 7) is 1.83. The molecule has 1 N–H and O–H groups in total. The molecule has 0 aliphatic heterocycles. The summed E-state index contributed by atoms with van der Waals surface area (Å²) in [7, 11) is 0. The van der Waals surface area contributed by atoms with Gasteiger partial charge >= 0.3 is 6.18 Å². The van der Waals surface area contributed by atoms with Crippen LogP contribution in [0.2, 0.25) is 5.02 Å². The summed E-state index contributed by atoms with van der Waals surface area (Å²) in [6.07, 6.45) is -1.32. The van der Waals surface area contributed by atoms with E-state index < -0.39 is 16.8 Å². The van der Waals surface area contributed by atoms with E-state index in [2.05, 4.69) is 10.3 Å². The SMILES string of the molecule is Cc1cc(Oc2ccnc(NC(=O)C3CC3)c2)ccc1CC(=O)Cc1ccc(Cl)c(C(F)(F)F)c1. The van der Waals surface area contributed by atoms with Crippen molar-refractivity contribution in [1.29, 1.82) is 0 Å². The molecular formula is C26H22ClF3N2O3. The van der Waals surface area contributed by atoms with Crippen molar-refractivity contribution in [3.63, 3.8) is 0 Å². The van der Waals surface area contributed by atoms with Gasteiger partial charge in [0.25, 0.3) is 0 Å². The van der Waals surface area contributed by atoms with E-state index in [1.807, 2.05) is 6.92 Å². The van der Waals surface area contributed by atoms with E-state index in [0.29, 0.717) is 17.3 Å². The van der Waals surface area contributed by atoms with Crippen LogP contribution in [0.25, 0.3) is 0 Å². The minimum atomic E-state index is -4.58. The monoisotopic (exact) mass is 502 g/mol. The van der Waals surface area contributed by atoms with E-state index in [-0.39, 0.29) is 36.0 Å². The van der Waals surface area contributed by atoms with Gasteiger partial charge in [-0.2, -0.15) is 13.2 Å². The van der Waals surface area contributed by atoms with Crippen LogP contribution in [0.15, 0.2) is 54.7 Å². The molecule has 1 fully saturated rings. The lowest BCUT2D eigenvalue weighted by Crippen LogP contribution is -2.14. The zero-order valence-electron chi connectivity index (χ0n) is 18.8. The van der Waals surface area contributed by atoms with Crippen molar-refractivity contribution in [3.05, 3.63) is 82.0 Å². The summed E-state index contributed by atoms with van der Waals surface area (Å²) in [5.41, 5.74) is 0.860. The Bertz CT molecular complexity index is 1270. The molecule has 1 saturated carbocycles. The number of hydrogen-bond acceptors (Lipinski definition) is 4. The van der Waals surface area contributed by atoms with Crippen molar-refractivity contribution in [2.45, 2.75) is 38.8 Å². The highest BCUT2D eigenvalue weighted by Gasteiger charge is 2.33. The van der Waals surface area contributed by atoms with Gasteiger partial charge in [-0.3, -0.25) is 9.59 Å². The number of nitrogens with zero attached hydrogens (tertiary/aromatic N) is 1. The smallest absolute Gasteiger partial charge is 0.417 e. The summed E-state index contributed by atoms with van der Waals surface area (Å²) in [6, 6.07) is 12.0. The number of alkyl halides is 3. The van der Waals surface area contributed by atoms with Crippen molar-refractivity contribution in [2.75, 3.05) is 5.32 Å². The van der Waals surface area contributed by atoms with E-state index in [1.165, 1.54) is 6.07 Å².